The zero-order chi connectivity index (χ0) is 20.6. The molecule has 4 nitrogen and oxygen atoms in total. The Morgan fingerprint density at radius 2 is 1.86 bits per heavy atom. The number of rotatable bonds is 6. The van der Waals surface area contributed by atoms with Crippen molar-refractivity contribution in [1.29, 1.82) is 5.26 Å². The second kappa shape index (κ2) is 9.59. The van der Waals surface area contributed by atoms with Crippen molar-refractivity contribution >= 4 is 29.3 Å². The maximum Gasteiger partial charge on any atom is 0.266 e. The summed E-state index contributed by atoms with van der Waals surface area (Å²) in [4.78, 5) is 12.5. The van der Waals surface area contributed by atoms with E-state index in [2.05, 4.69) is 5.32 Å². The molecule has 29 heavy (non-hydrogen) atoms. The average Bonchev–Trinajstić information content (AvgIpc) is 2.73. The molecule has 0 aliphatic carbocycles. The first-order valence-electron chi connectivity index (χ1n) is 9.01. The zero-order valence-electron chi connectivity index (χ0n) is 15.9. The summed E-state index contributed by atoms with van der Waals surface area (Å²) in [5.74, 6) is 0.101. The van der Waals surface area contributed by atoms with E-state index < -0.39 is 5.91 Å². The van der Waals surface area contributed by atoms with E-state index in [1.807, 2.05) is 55.5 Å². The smallest absolute Gasteiger partial charge is 0.266 e. The van der Waals surface area contributed by atoms with Crippen molar-refractivity contribution < 1.29 is 9.53 Å². The summed E-state index contributed by atoms with van der Waals surface area (Å²) in [7, 11) is 0. The molecule has 0 aliphatic heterocycles. The first kappa shape index (κ1) is 20.2. The van der Waals surface area contributed by atoms with Crippen LogP contribution in [0.2, 0.25) is 5.02 Å². The molecule has 1 N–H and O–H groups in total. The van der Waals surface area contributed by atoms with Crippen LogP contribution < -0.4 is 10.1 Å². The van der Waals surface area contributed by atoms with Crippen LogP contribution in [-0.2, 0) is 11.4 Å². The quantitative estimate of drug-likeness (QED) is 0.420. The van der Waals surface area contributed by atoms with Gasteiger partial charge in [0.25, 0.3) is 5.91 Å². The summed E-state index contributed by atoms with van der Waals surface area (Å²) >= 11 is 6.01. The van der Waals surface area contributed by atoms with Crippen LogP contribution in [0, 0.1) is 18.3 Å². The van der Waals surface area contributed by atoms with Gasteiger partial charge in [-0.2, -0.15) is 5.26 Å². The summed E-state index contributed by atoms with van der Waals surface area (Å²) in [5, 5.41) is 12.9. The Labute approximate surface area is 175 Å². The molecule has 0 saturated heterocycles. The lowest BCUT2D eigenvalue weighted by atomic mass is 10.1. The number of aryl methyl sites for hydroxylation is 1. The molecule has 0 aliphatic rings. The number of anilines is 1. The van der Waals surface area contributed by atoms with Crippen LogP contribution in [0.5, 0.6) is 5.75 Å². The van der Waals surface area contributed by atoms with Crippen LogP contribution >= 0.6 is 11.6 Å². The molecule has 3 aromatic rings. The van der Waals surface area contributed by atoms with Crippen molar-refractivity contribution in [2.24, 2.45) is 0 Å². The Morgan fingerprint density at radius 1 is 1.10 bits per heavy atom. The molecule has 0 radical (unpaired) electrons. The molecule has 3 rings (SSSR count). The molecular weight excluding hydrogens is 384 g/mol. The van der Waals surface area contributed by atoms with Crippen LogP contribution in [0.3, 0.4) is 0 Å². The number of amides is 1. The summed E-state index contributed by atoms with van der Waals surface area (Å²) in [6.45, 7) is 2.29. The van der Waals surface area contributed by atoms with Crippen LogP contribution in [0.4, 0.5) is 5.69 Å². The number of para-hydroxylation sites is 1. The van der Waals surface area contributed by atoms with Gasteiger partial charge in [-0.1, -0.05) is 59.6 Å². The third-order valence-corrected chi connectivity index (χ3v) is 4.41. The highest BCUT2D eigenvalue weighted by molar-refractivity contribution is 6.30. The maximum absolute atomic E-state index is 12.5. The monoisotopic (exact) mass is 402 g/mol. The minimum absolute atomic E-state index is 0.00983. The van der Waals surface area contributed by atoms with Gasteiger partial charge in [-0.05, 0) is 48.9 Å². The summed E-state index contributed by atoms with van der Waals surface area (Å²) < 4.78 is 5.89. The number of nitrogens with one attached hydrogen (secondary N) is 1. The lowest BCUT2D eigenvalue weighted by Gasteiger charge is -2.10. The Balaban J connectivity index is 1.77. The van der Waals surface area contributed by atoms with Gasteiger partial charge in [-0.3, -0.25) is 4.79 Å². The van der Waals surface area contributed by atoms with Gasteiger partial charge < -0.3 is 10.1 Å². The van der Waals surface area contributed by atoms with Gasteiger partial charge in [0.1, 0.15) is 24.0 Å². The predicted molar refractivity (Wildman–Crippen MR) is 116 cm³/mol. The fourth-order valence-electron chi connectivity index (χ4n) is 2.66. The third-order valence-electron chi connectivity index (χ3n) is 4.18. The first-order valence-corrected chi connectivity index (χ1v) is 9.39. The van der Waals surface area contributed by atoms with Gasteiger partial charge in [0.2, 0.25) is 0 Å². The largest absolute Gasteiger partial charge is 0.488 e. The molecule has 0 bridgehead atoms. The summed E-state index contributed by atoms with van der Waals surface area (Å²) in [5.41, 5.74) is 3.28. The number of nitrogens with zero attached hydrogens (tertiary/aromatic N) is 1. The zero-order valence-corrected chi connectivity index (χ0v) is 16.6. The summed E-state index contributed by atoms with van der Waals surface area (Å²) in [6.07, 6.45) is 1.52. The molecule has 1 amide bonds. The highest BCUT2D eigenvalue weighted by Crippen LogP contribution is 2.23. The fraction of sp³-hybridized carbons (Fsp3) is 0.0833. The van der Waals surface area contributed by atoms with E-state index in [0.717, 1.165) is 11.1 Å². The Kier molecular flexibility index (Phi) is 6.67. The molecule has 0 spiro atoms. The number of halogens is 1. The Morgan fingerprint density at radius 3 is 2.59 bits per heavy atom. The lowest BCUT2D eigenvalue weighted by molar-refractivity contribution is -0.112. The molecule has 0 fully saturated rings. The van der Waals surface area contributed by atoms with Gasteiger partial charge in [-0.15, -0.1) is 0 Å². The van der Waals surface area contributed by atoms with Gasteiger partial charge in [0.05, 0.1) is 0 Å². The number of carbonyl (C=O) groups is 1. The van der Waals surface area contributed by atoms with E-state index in [4.69, 9.17) is 16.3 Å². The minimum atomic E-state index is -0.471. The second-order valence-corrected chi connectivity index (χ2v) is 6.88. The average molecular weight is 403 g/mol. The van der Waals surface area contributed by atoms with Crippen molar-refractivity contribution in [3.8, 4) is 11.8 Å². The second-order valence-electron chi connectivity index (χ2n) is 6.45. The van der Waals surface area contributed by atoms with E-state index in [1.165, 1.54) is 6.08 Å². The number of benzene rings is 3. The number of carbonyl (C=O) groups excluding carboxylic acids is 1. The van der Waals surface area contributed by atoms with E-state index >= 15 is 0 Å². The Bertz CT molecular complexity index is 1080. The number of ether oxygens (including phenoxy) is 1. The van der Waals surface area contributed by atoms with Crippen molar-refractivity contribution in [1.82, 2.24) is 0 Å². The molecular formula is C24H19ClN2O2. The van der Waals surface area contributed by atoms with Gasteiger partial charge in [-0.25, -0.2) is 0 Å². The van der Waals surface area contributed by atoms with Crippen LogP contribution in [0.25, 0.3) is 6.08 Å². The lowest BCUT2D eigenvalue weighted by Crippen LogP contribution is -2.13. The van der Waals surface area contributed by atoms with Gasteiger partial charge in [0, 0.05) is 16.3 Å². The Hall–Kier alpha value is -3.55. The molecule has 5 heteroatoms. The van der Waals surface area contributed by atoms with Gasteiger partial charge in [0.15, 0.2) is 0 Å². The number of hydrogen-bond donors (Lipinski definition) is 1. The van der Waals surface area contributed by atoms with Crippen molar-refractivity contribution in [3.05, 3.63) is 100 Å². The van der Waals surface area contributed by atoms with Gasteiger partial charge >= 0.3 is 0 Å². The molecule has 3 aromatic carbocycles. The predicted octanol–water partition coefficient (Wildman–Crippen LogP) is 5.77. The maximum atomic E-state index is 12.5. The standard InChI is InChI=1S/C24H19ClN2O2/c1-17-9-11-22(12-10-17)27-24(28)20(15-26)14-19-6-2-3-8-23(19)29-16-18-5-4-7-21(25)13-18/h2-14H,16H2,1H3,(H,27,28)/b20-14+. The first-order chi connectivity index (χ1) is 14.0. The van der Waals surface area contributed by atoms with E-state index in [-0.39, 0.29) is 5.57 Å². The van der Waals surface area contributed by atoms with E-state index in [0.29, 0.717) is 28.6 Å². The molecule has 144 valence electrons. The van der Waals surface area contributed by atoms with Crippen LogP contribution in [-0.4, -0.2) is 5.91 Å². The fourth-order valence-corrected chi connectivity index (χ4v) is 2.87. The highest BCUT2D eigenvalue weighted by atomic mass is 35.5. The summed E-state index contributed by atoms with van der Waals surface area (Å²) in [6, 6.07) is 24.0. The number of nitriles is 1. The van der Waals surface area contributed by atoms with E-state index in [9.17, 15) is 10.1 Å². The van der Waals surface area contributed by atoms with Crippen LogP contribution in [0.15, 0.2) is 78.4 Å². The van der Waals surface area contributed by atoms with Crippen molar-refractivity contribution in [2.75, 3.05) is 5.32 Å². The highest BCUT2D eigenvalue weighted by Gasteiger charge is 2.11. The van der Waals surface area contributed by atoms with Crippen LogP contribution in [0.1, 0.15) is 16.7 Å². The topological polar surface area (TPSA) is 62.1 Å². The van der Waals surface area contributed by atoms with Crippen molar-refractivity contribution in [3.63, 3.8) is 0 Å². The molecule has 0 saturated carbocycles. The minimum Gasteiger partial charge on any atom is -0.488 e. The molecule has 0 atom stereocenters. The molecule has 0 unspecified atom stereocenters. The molecule has 0 aromatic heterocycles. The third kappa shape index (κ3) is 5.71. The number of hydrogen-bond acceptors (Lipinski definition) is 3. The SMILES string of the molecule is Cc1ccc(NC(=O)/C(C#N)=C/c2ccccc2OCc2cccc(Cl)c2)cc1. The molecule has 0 heterocycles. The van der Waals surface area contributed by atoms with E-state index in [1.54, 1.807) is 30.3 Å². The normalized spacial score (nSPS) is 10.9. The van der Waals surface area contributed by atoms with Crippen molar-refractivity contribution in [2.45, 2.75) is 13.5 Å².